The van der Waals surface area contributed by atoms with Crippen molar-refractivity contribution in [2.24, 2.45) is 0 Å². The van der Waals surface area contributed by atoms with Gasteiger partial charge in [0.15, 0.2) is 5.82 Å². The van der Waals surface area contributed by atoms with Crippen LogP contribution in [0.1, 0.15) is 29.9 Å². The topological polar surface area (TPSA) is 80.4 Å². The van der Waals surface area contributed by atoms with Gasteiger partial charge in [-0.2, -0.15) is 15.0 Å². The smallest absolute Gasteiger partial charge is 0.229 e. The van der Waals surface area contributed by atoms with Gasteiger partial charge in [-0.05, 0) is 27.0 Å². The molecule has 0 radical (unpaired) electrons. The Labute approximate surface area is 143 Å². The van der Waals surface area contributed by atoms with Gasteiger partial charge >= 0.3 is 0 Å². The third-order valence-corrected chi connectivity index (χ3v) is 3.95. The number of nitrogens with zero attached hydrogens (tertiary/aromatic N) is 5. The first-order chi connectivity index (χ1) is 11.3. The van der Waals surface area contributed by atoms with Crippen LogP contribution in [0.4, 0.5) is 11.9 Å². The van der Waals surface area contributed by atoms with E-state index in [0.29, 0.717) is 11.8 Å². The van der Waals surface area contributed by atoms with Crippen molar-refractivity contribution < 1.29 is 4.74 Å². The fourth-order valence-electron chi connectivity index (χ4n) is 2.42. The summed E-state index contributed by atoms with van der Waals surface area (Å²) in [6.07, 6.45) is 0. The van der Waals surface area contributed by atoms with Gasteiger partial charge in [0.05, 0.1) is 13.2 Å². The predicted octanol–water partition coefficient (Wildman–Crippen LogP) is 2.03. The van der Waals surface area contributed by atoms with Gasteiger partial charge in [0.25, 0.3) is 0 Å². The molecular weight excluding hydrogens is 304 g/mol. The van der Waals surface area contributed by atoms with Crippen LogP contribution in [0.2, 0.25) is 0 Å². The molecule has 0 saturated heterocycles. The van der Waals surface area contributed by atoms with Crippen LogP contribution in [0.5, 0.6) is 5.75 Å². The van der Waals surface area contributed by atoms with Gasteiger partial charge in [0.2, 0.25) is 11.9 Å². The highest BCUT2D eigenvalue weighted by atomic mass is 16.5. The summed E-state index contributed by atoms with van der Waals surface area (Å²) in [5, 5.41) is 0. The van der Waals surface area contributed by atoms with E-state index in [0.717, 1.165) is 17.9 Å². The first-order valence-electron chi connectivity index (χ1n) is 7.84. The second kappa shape index (κ2) is 7.44. The average Bonchev–Trinajstić information content (AvgIpc) is 2.53. The van der Waals surface area contributed by atoms with Crippen molar-refractivity contribution in [3.8, 4) is 5.75 Å². The summed E-state index contributed by atoms with van der Waals surface area (Å²) >= 11 is 0. The van der Waals surface area contributed by atoms with Crippen molar-refractivity contribution in [1.82, 2.24) is 19.9 Å². The molecule has 0 aliphatic rings. The number of hydrogen-bond donors (Lipinski definition) is 1. The minimum absolute atomic E-state index is 0.0146. The molecule has 0 fully saturated rings. The number of rotatable bonds is 6. The minimum atomic E-state index is -0.0146. The molecule has 0 aliphatic carbocycles. The van der Waals surface area contributed by atoms with Crippen molar-refractivity contribution in [3.05, 3.63) is 35.2 Å². The van der Waals surface area contributed by atoms with Gasteiger partial charge in [-0.25, -0.2) is 0 Å². The fraction of sp³-hybridized carbons (Fsp3) is 0.471. The molecule has 2 N–H and O–H groups in total. The number of nitrogens with two attached hydrogens (primary N) is 1. The molecule has 2 aromatic rings. The Hall–Kier alpha value is -2.41. The number of ether oxygens (including phenoxy) is 1. The van der Waals surface area contributed by atoms with E-state index < -0.39 is 0 Å². The Morgan fingerprint density at radius 3 is 2.50 bits per heavy atom. The molecule has 1 heterocycles. The summed E-state index contributed by atoms with van der Waals surface area (Å²) < 4.78 is 5.46. The normalized spacial score (nSPS) is 12.3. The Bertz CT molecular complexity index is 703. The summed E-state index contributed by atoms with van der Waals surface area (Å²) in [7, 11) is 7.48. The van der Waals surface area contributed by atoms with Gasteiger partial charge in [-0.15, -0.1) is 0 Å². The molecule has 7 nitrogen and oxygen atoms in total. The third-order valence-electron chi connectivity index (χ3n) is 3.95. The van der Waals surface area contributed by atoms with Crippen LogP contribution in [0, 0.1) is 6.92 Å². The van der Waals surface area contributed by atoms with E-state index in [1.54, 1.807) is 7.11 Å². The Morgan fingerprint density at radius 1 is 1.17 bits per heavy atom. The number of aryl methyl sites for hydroxylation is 1. The summed E-state index contributed by atoms with van der Waals surface area (Å²) in [6, 6.07) is 6.16. The fourth-order valence-corrected chi connectivity index (χ4v) is 2.42. The van der Waals surface area contributed by atoms with Crippen LogP contribution in [0.15, 0.2) is 18.2 Å². The maximum absolute atomic E-state index is 5.83. The molecule has 24 heavy (non-hydrogen) atoms. The summed E-state index contributed by atoms with van der Waals surface area (Å²) in [5.41, 5.74) is 8.15. The van der Waals surface area contributed by atoms with Crippen LogP contribution < -0.4 is 15.4 Å². The van der Waals surface area contributed by atoms with Crippen LogP contribution in [-0.4, -0.2) is 48.1 Å². The summed E-state index contributed by atoms with van der Waals surface area (Å²) in [4.78, 5) is 16.9. The zero-order valence-corrected chi connectivity index (χ0v) is 15.2. The second-order valence-corrected chi connectivity index (χ2v) is 6.15. The zero-order valence-electron chi connectivity index (χ0n) is 15.2. The van der Waals surface area contributed by atoms with Crippen molar-refractivity contribution in [2.75, 3.05) is 38.9 Å². The zero-order chi connectivity index (χ0) is 17.9. The quantitative estimate of drug-likeness (QED) is 0.868. The third kappa shape index (κ3) is 4.11. The molecule has 0 bridgehead atoms. The standard InChI is InChI=1S/C17H26N6O/c1-11-7-8-14(24-6)13(9-11)10-23(5)12(2)15-19-16(18)21-17(20-15)22(3)4/h7-9,12H,10H2,1-6H3,(H2,18,19,20,21)/t12-/m1/s1. The van der Waals surface area contributed by atoms with E-state index in [9.17, 15) is 0 Å². The highest BCUT2D eigenvalue weighted by Gasteiger charge is 2.19. The Morgan fingerprint density at radius 2 is 1.88 bits per heavy atom. The number of hydrogen-bond acceptors (Lipinski definition) is 7. The van der Waals surface area contributed by atoms with Gasteiger partial charge in [-0.3, -0.25) is 4.90 Å². The lowest BCUT2D eigenvalue weighted by atomic mass is 10.1. The molecule has 0 amide bonds. The molecule has 0 aliphatic heterocycles. The molecule has 1 aromatic carbocycles. The van der Waals surface area contributed by atoms with E-state index in [1.165, 1.54) is 5.56 Å². The SMILES string of the molecule is COc1ccc(C)cc1CN(C)[C@H](C)c1nc(N)nc(N(C)C)n1. The number of nitrogen functional groups attached to an aromatic ring is 1. The Kier molecular flexibility index (Phi) is 5.56. The molecule has 2 rings (SSSR count). The lowest BCUT2D eigenvalue weighted by Gasteiger charge is -2.25. The van der Waals surface area contributed by atoms with E-state index in [4.69, 9.17) is 10.5 Å². The second-order valence-electron chi connectivity index (χ2n) is 6.15. The molecule has 1 aromatic heterocycles. The van der Waals surface area contributed by atoms with E-state index in [1.807, 2.05) is 38.2 Å². The lowest BCUT2D eigenvalue weighted by molar-refractivity contribution is 0.240. The van der Waals surface area contributed by atoms with Gasteiger partial charge in [-0.1, -0.05) is 17.7 Å². The van der Waals surface area contributed by atoms with Crippen molar-refractivity contribution in [3.63, 3.8) is 0 Å². The number of methoxy groups -OCH3 is 1. The summed E-state index contributed by atoms with van der Waals surface area (Å²) in [5.74, 6) is 2.33. The van der Waals surface area contributed by atoms with Crippen LogP contribution >= 0.6 is 0 Å². The molecule has 1 atom stereocenters. The maximum atomic E-state index is 5.83. The number of aromatic nitrogens is 3. The van der Waals surface area contributed by atoms with Crippen molar-refractivity contribution in [2.45, 2.75) is 26.4 Å². The van der Waals surface area contributed by atoms with E-state index in [-0.39, 0.29) is 12.0 Å². The van der Waals surface area contributed by atoms with Crippen molar-refractivity contribution in [1.29, 1.82) is 0 Å². The van der Waals surface area contributed by atoms with Gasteiger partial charge in [0, 0.05) is 26.2 Å². The molecule has 0 saturated carbocycles. The lowest BCUT2D eigenvalue weighted by Crippen LogP contribution is -2.25. The first-order valence-corrected chi connectivity index (χ1v) is 7.84. The van der Waals surface area contributed by atoms with Gasteiger partial charge < -0.3 is 15.4 Å². The highest BCUT2D eigenvalue weighted by Crippen LogP contribution is 2.25. The average molecular weight is 330 g/mol. The van der Waals surface area contributed by atoms with Crippen LogP contribution in [0.25, 0.3) is 0 Å². The Balaban J connectivity index is 2.24. The van der Waals surface area contributed by atoms with E-state index >= 15 is 0 Å². The predicted molar refractivity (Wildman–Crippen MR) is 96.2 cm³/mol. The number of anilines is 2. The minimum Gasteiger partial charge on any atom is -0.496 e. The molecule has 0 unspecified atom stereocenters. The molecule has 130 valence electrons. The number of benzene rings is 1. The van der Waals surface area contributed by atoms with Gasteiger partial charge in [0.1, 0.15) is 5.75 Å². The summed E-state index contributed by atoms with van der Waals surface area (Å²) in [6.45, 7) is 4.84. The monoisotopic (exact) mass is 330 g/mol. The van der Waals surface area contributed by atoms with E-state index in [2.05, 4.69) is 39.8 Å². The molecular formula is C17H26N6O. The molecule has 7 heteroatoms. The largest absolute Gasteiger partial charge is 0.496 e. The van der Waals surface area contributed by atoms with Crippen LogP contribution in [-0.2, 0) is 6.54 Å². The maximum Gasteiger partial charge on any atom is 0.229 e. The van der Waals surface area contributed by atoms with Crippen molar-refractivity contribution >= 4 is 11.9 Å². The highest BCUT2D eigenvalue weighted by molar-refractivity contribution is 5.37. The molecule has 0 spiro atoms. The van der Waals surface area contributed by atoms with Crippen LogP contribution in [0.3, 0.4) is 0 Å². The first kappa shape index (κ1) is 17.9.